The van der Waals surface area contributed by atoms with E-state index in [1.807, 2.05) is 4.90 Å². The molecule has 1 aliphatic rings. The second-order valence-electron chi connectivity index (χ2n) is 5.28. The molecular formula is C14H21ClN4O. The van der Waals surface area contributed by atoms with Gasteiger partial charge in [-0.1, -0.05) is 17.7 Å². The summed E-state index contributed by atoms with van der Waals surface area (Å²) < 4.78 is 0. The first-order chi connectivity index (χ1) is 9.56. The van der Waals surface area contributed by atoms with Gasteiger partial charge >= 0.3 is 0 Å². The van der Waals surface area contributed by atoms with Crippen molar-refractivity contribution in [2.75, 3.05) is 53.4 Å². The number of hydrogen-bond donors (Lipinski definition) is 0. The summed E-state index contributed by atoms with van der Waals surface area (Å²) in [6.45, 7) is 5.43. The van der Waals surface area contributed by atoms with Crippen LogP contribution in [-0.4, -0.2) is 79.0 Å². The molecule has 0 bridgehead atoms. The first kappa shape index (κ1) is 15.2. The summed E-state index contributed by atoms with van der Waals surface area (Å²) in [6, 6.07) is 5.15. The summed E-state index contributed by atoms with van der Waals surface area (Å²) in [6.07, 6.45) is 0. The SMILES string of the molecule is CN(C)CCN1CCN(C(=O)c2cccc(Cl)n2)CC1. The Labute approximate surface area is 125 Å². The first-order valence-electron chi connectivity index (χ1n) is 6.85. The monoisotopic (exact) mass is 296 g/mol. The van der Waals surface area contributed by atoms with Gasteiger partial charge in [-0.05, 0) is 26.2 Å². The molecule has 2 heterocycles. The normalized spacial score (nSPS) is 16.7. The molecule has 5 nitrogen and oxygen atoms in total. The molecule has 1 amide bonds. The molecule has 0 saturated carbocycles. The quantitative estimate of drug-likeness (QED) is 0.779. The molecule has 0 unspecified atom stereocenters. The minimum absolute atomic E-state index is 0.0280. The highest BCUT2D eigenvalue weighted by molar-refractivity contribution is 6.29. The largest absolute Gasteiger partial charge is 0.335 e. The fraction of sp³-hybridized carbons (Fsp3) is 0.571. The zero-order chi connectivity index (χ0) is 14.5. The van der Waals surface area contributed by atoms with Gasteiger partial charge in [-0.15, -0.1) is 0 Å². The third-order valence-corrected chi connectivity index (χ3v) is 3.67. The molecule has 0 aromatic carbocycles. The van der Waals surface area contributed by atoms with Crippen molar-refractivity contribution in [1.82, 2.24) is 19.7 Å². The van der Waals surface area contributed by atoms with Crippen LogP contribution in [0.3, 0.4) is 0 Å². The van der Waals surface area contributed by atoms with Crippen LogP contribution < -0.4 is 0 Å². The van der Waals surface area contributed by atoms with E-state index in [2.05, 4.69) is 28.9 Å². The highest BCUT2D eigenvalue weighted by Crippen LogP contribution is 2.10. The third-order valence-electron chi connectivity index (χ3n) is 3.46. The average Bonchev–Trinajstić information content (AvgIpc) is 2.45. The standard InChI is InChI=1S/C14H21ClN4O/c1-17(2)6-7-18-8-10-19(11-9-18)14(20)12-4-3-5-13(15)16-12/h3-5H,6-11H2,1-2H3. The van der Waals surface area contributed by atoms with Crippen LogP contribution in [0.15, 0.2) is 18.2 Å². The number of halogens is 1. The summed E-state index contributed by atoms with van der Waals surface area (Å²) >= 11 is 5.83. The summed E-state index contributed by atoms with van der Waals surface area (Å²) in [5.74, 6) is -0.0280. The molecular weight excluding hydrogens is 276 g/mol. The van der Waals surface area contributed by atoms with Gasteiger partial charge < -0.3 is 9.80 Å². The molecule has 1 saturated heterocycles. The van der Waals surface area contributed by atoms with Gasteiger partial charge in [0.25, 0.3) is 5.91 Å². The lowest BCUT2D eigenvalue weighted by molar-refractivity contribution is 0.0624. The van der Waals surface area contributed by atoms with Gasteiger partial charge in [-0.3, -0.25) is 9.69 Å². The van der Waals surface area contributed by atoms with E-state index < -0.39 is 0 Å². The van der Waals surface area contributed by atoms with Crippen molar-refractivity contribution < 1.29 is 4.79 Å². The minimum Gasteiger partial charge on any atom is -0.335 e. The second kappa shape index (κ2) is 7.02. The number of likely N-dealkylation sites (N-methyl/N-ethyl adjacent to an activating group) is 1. The van der Waals surface area contributed by atoms with Crippen molar-refractivity contribution in [1.29, 1.82) is 0 Å². The van der Waals surface area contributed by atoms with Crippen molar-refractivity contribution in [3.05, 3.63) is 29.0 Å². The van der Waals surface area contributed by atoms with Crippen molar-refractivity contribution in [3.63, 3.8) is 0 Å². The van der Waals surface area contributed by atoms with Crippen LogP contribution >= 0.6 is 11.6 Å². The Balaban J connectivity index is 1.86. The minimum atomic E-state index is -0.0280. The van der Waals surface area contributed by atoms with Crippen LogP contribution in [0.5, 0.6) is 0 Å². The molecule has 20 heavy (non-hydrogen) atoms. The fourth-order valence-electron chi connectivity index (χ4n) is 2.21. The molecule has 0 aliphatic carbocycles. The molecule has 0 spiro atoms. The van der Waals surface area contributed by atoms with E-state index in [0.717, 1.165) is 39.3 Å². The predicted octanol–water partition coefficient (Wildman–Crippen LogP) is 1.05. The number of nitrogens with zero attached hydrogens (tertiary/aromatic N) is 4. The molecule has 0 radical (unpaired) electrons. The van der Waals surface area contributed by atoms with Gasteiger partial charge in [-0.2, -0.15) is 0 Å². The van der Waals surface area contributed by atoms with Gasteiger partial charge in [0.1, 0.15) is 10.8 Å². The zero-order valence-corrected chi connectivity index (χ0v) is 12.8. The van der Waals surface area contributed by atoms with Gasteiger partial charge in [0, 0.05) is 39.3 Å². The number of piperazine rings is 1. The molecule has 1 fully saturated rings. The zero-order valence-electron chi connectivity index (χ0n) is 12.0. The summed E-state index contributed by atoms with van der Waals surface area (Å²) in [4.78, 5) is 22.8. The van der Waals surface area contributed by atoms with Gasteiger partial charge in [0.15, 0.2) is 0 Å². The maximum atomic E-state index is 12.3. The van der Waals surface area contributed by atoms with Gasteiger partial charge in [-0.25, -0.2) is 4.98 Å². The highest BCUT2D eigenvalue weighted by Gasteiger charge is 2.22. The van der Waals surface area contributed by atoms with E-state index in [4.69, 9.17) is 11.6 Å². The lowest BCUT2D eigenvalue weighted by Gasteiger charge is -2.35. The van der Waals surface area contributed by atoms with Gasteiger partial charge in [0.2, 0.25) is 0 Å². The number of carbonyl (C=O) groups excluding carboxylic acids is 1. The Morgan fingerprint density at radius 2 is 2.00 bits per heavy atom. The maximum absolute atomic E-state index is 12.3. The Bertz CT molecular complexity index is 458. The summed E-state index contributed by atoms with van der Waals surface area (Å²) in [5.41, 5.74) is 0.430. The van der Waals surface area contributed by atoms with E-state index in [9.17, 15) is 4.79 Å². The molecule has 0 atom stereocenters. The molecule has 1 aromatic rings. The number of pyridine rings is 1. The van der Waals surface area contributed by atoms with Crippen LogP contribution in [0.4, 0.5) is 0 Å². The van der Waals surface area contributed by atoms with Crippen LogP contribution in [0.2, 0.25) is 5.15 Å². The molecule has 110 valence electrons. The van der Waals surface area contributed by atoms with Gasteiger partial charge in [0.05, 0.1) is 0 Å². The maximum Gasteiger partial charge on any atom is 0.272 e. The van der Waals surface area contributed by atoms with Crippen molar-refractivity contribution in [2.24, 2.45) is 0 Å². The van der Waals surface area contributed by atoms with Crippen molar-refractivity contribution in [3.8, 4) is 0 Å². The smallest absolute Gasteiger partial charge is 0.272 e. The molecule has 0 N–H and O–H groups in total. The average molecular weight is 297 g/mol. The second-order valence-corrected chi connectivity index (χ2v) is 5.67. The number of carbonyl (C=O) groups is 1. The van der Waals surface area contributed by atoms with E-state index >= 15 is 0 Å². The Morgan fingerprint density at radius 1 is 1.30 bits per heavy atom. The fourth-order valence-corrected chi connectivity index (χ4v) is 2.37. The van der Waals surface area contributed by atoms with E-state index in [-0.39, 0.29) is 5.91 Å². The molecule has 1 aromatic heterocycles. The lowest BCUT2D eigenvalue weighted by atomic mass is 10.2. The summed E-state index contributed by atoms with van der Waals surface area (Å²) in [5, 5.41) is 0.362. The van der Waals surface area contributed by atoms with E-state index in [1.165, 1.54) is 0 Å². The topological polar surface area (TPSA) is 39.7 Å². The highest BCUT2D eigenvalue weighted by atomic mass is 35.5. The first-order valence-corrected chi connectivity index (χ1v) is 7.23. The van der Waals surface area contributed by atoms with Crippen molar-refractivity contribution >= 4 is 17.5 Å². The molecule has 6 heteroatoms. The number of rotatable bonds is 4. The van der Waals surface area contributed by atoms with Crippen molar-refractivity contribution in [2.45, 2.75) is 0 Å². The molecule has 2 rings (SSSR count). The van der Waals surface area contributed by atoms with Crippen LogP contribution in [0, 0.1) is 0 Å². The Morgan fingerprint density at radius 3 is 2.60 bits per heavy atom. The van der Waals surface area contributed by atoms with E-state index in [0.29, 0.717) is 10.8 Å². The van der Waals surface area contributed by atoms with Crippen LogP contribution in [-0.2, 0) is 0 Å². The summed E-state index contributed by atoms with van der Waals surface area (Å²) in [7, 11) is 4.15. The lowest BCUT2D eigenvalue weighted by Crippen LogP contribution is -2.50. The number of amides is 1. The van der Waals surface area contributed by atoms with Crippen LogP contribution in [0.25, 0.3) is 0 Å². The van der Waals surface area contributed by atoms with Crippen LogP contribution in [0.1, 0.15) is 10.5 Å². The predicted molar refractivity (Wildman–Crippen MR) is 80.1 cm³/mol. The van der Waals surface area contributed by atoms with E-state index in [1.54, 1.807) is 18.2 Å². The molecule has 1 aliphatic heterocycles. The third kappa shape index (κ3) is 4.16. The Hall–Kier alpha value is -1.17. The number of aromatic nitrogens is 1. The number of hydrogen-bond acceptors (Lipinski definition) is 4. The Kier molecular flexibility index (Phi) is 5.34.